The van der Waals surface area contributed by atoms with Gasteiger partial charge in [-0.3, -0.25) is 4.79 Å². The van der Waals surface area contributed by atoms with E-state index in [0.29, 0.717) is 11.4 Å². The van der Waals surface area contributed by atoms with E-state index >= 15 is 0 Å². The Hall–Kier alpha value is -1.80. The molecule has 1 N–H and O–H groups in total. The van der Waals surface area contributed by atoms with Crippen LogP contribution >= 0.6 is 11.6 Å². The second kappa shape index (κ2) is 6.53. The summed E-state index contributed by atoms with van der Waals surface area (Å²) in [5.74, 6) is -1.38. The minimum Gasteiger partial charge on any atom is -0.481 e. The fourth-order valence-electron chi connectivity index (χ4n) is 2.46. The molecule has 2 aromatic carbocycles. The van der Waals surface area contributed by atoms with E-state index in [9.17, 15) is 9.90 Å². The van der Waals surface area contributed by atoms with Crippen molar-refractivity contribution in [3.05, 3.63) is 70.2 Å². The Morgan fingerprint density at radius 3 is 2.27 bits per heavy atom. The molecule has 2 rings (SSSR count). The number of rotatable bonds is 4. The van der Waals surface area contributed by atoms with Gasteiger partial charge in [0.05, 0.1) is 5.92 Å². The molecule has 2 aromatic rings. The Labute approximate surface area is 136 Å². The average Bonchev–Trinajstić information content (AvgIpc) is 2.44. The standard InChI is InChI=1S/C19H21ClO2/c1-19(2,3)15-9-7-14(8-10-15)17(18(21)22)12-13-5-4-6-16(20)11-13/h4-11,17H,12H2,1-3H3,(H,21,22). The predicted molar refractivity (Wildman–Crippen MR) is 90.7 cm³/mol. The minimum atomic E-state index is -0.816. The monoisotopic (exact) mass is 316 g/mol. The van der Waals surface area contributed by atoms with Crippen molar-refractivity contribution >= 4 is 17.6 Å². The third-order valence-corrected chi connectivity index (χ3v) is 4.04. The second-order valence-corrected chi connectivity index (χ2v) is 7.03. The lowest BCUT2D eigenvalue weighted by Gasteiger charge is -2.20. The first-order valence-electron chi connectivity index (χ1n) is 7.35. The molecule has 0 saturated heterocycles. The van der Waals surface area contributed by atoms with E-state index in [1.165, 1.54) is 5.56 Å². The number of hydrogen-bond donors (Lipinski definition) is 1. The fraction of sp³-hybridized carbons (Fsp3) is 0.316. The highest BCUT2D eigenvalue weighted by molar-refractivity contribution is 6.30. The van der Waals surface area contributed by atoms with Gasteiger partial charge in [0.25, 0.3) is 0 Å². The van der Waals surface area contributed by atoms with Crippen LogP contribution in [-0.2, 0) is 16.6 Å². The quantitative estimate of drug-likeness (QED) is 0.857. The predicted octanol–water partition coefficient (Wildman–Crippen LogP) is 5.05. The summed E-state index contributed by atoms with van der Waals surface area (Å²) in [6.07, 6.45) is 0.435. The van der Waals surface area contributed by atoms with Crippen LogP contribution in [0.3, 0.4) is 0 Å². The molecule has 116 valence electrons. The molecule has 0 aromatic heterocycles. The highest BCUT2D eigenvalue weighted by Gasteiger charge is 2.21. The number of halogens is 1. The molecule has 2 nitrogen and oxygen atoms in total. The highest BCUT2D eigenvalue weighted by atomic mass is 35.5. The summed E-state index contributed by atoms with van der Waals surface area (Å²) in [7, 11) is 0. The zero-order valence-electron chi connectivity index (χ0n) is 13.1. The Morgan fingerprint density at radius 1 is 1.14 bits per heavy atom. The van der Waals surface area contributed by atoms with Crippen LogP contribution in [0, 0.1) is 0 Å². The summed E-state index contributed by atoms with van der Waals surface area (Å²) in [5, 5.41) is 10.2. The zero-order valence-corrected chi connectivity index (χ0v) is 13.9. The Bertz CT molecular complexity index is 654. The van der Waals surface area contributed by atoms with E-state index in [4.69, 9.17) is 11.6 Å². The summed E-state index contributed by atoms with van der Waals surface area (Å²) in [5.41, 5.74) is 3.01. The van der Waals surface area contributed by atoms with Gasteiger partial charge in [0.15, 0.2) is 0 Å². The van der Waals surface area contributed by atoms with Gasteiger partial charge in [-0.2, -0.15) is 0 Å². The molecular formula is C19H21ClO2. The van der Waals surface area contributed by atoms with Crippen LogP contribution in [-0.4, -0.2) is 11.1 Å². The summed E-state index contributed by atoms with van der Waals surface area (Å²) >= 11 is 5.98. The first-order valence-corrected chi connectivity index (χ1v) is 7.73. The van der Waals surface area contributed by atoms with Crippen LogP contribution in [0.4, 0.5) is 0 Å². The van der Waals surface area contributed by atoms with Gasteiger partial charge in [-0.25, -0.2) is 0 Å². The number of carbonyl (C=O) groups is 1. The summed E-state index contributed by atoms with van der Waals surface area (Å²) in [6.45, 7) is 6.42. The van der Waals surface area contributed by atoms with Crippen LogP contribution in [0.25, 0.3) is 0 Å². The maximum atomic E-state index is 11.6. The lowest BCUT2D eigenvalue weighted by atomic mass is 9.84. The Kier molecular flexibility index (Phi) is 4.92. The normalized spacial score (nSPS) is 12.9. The largest absolute Gasteiger partial charge is 0.481 e. The molecule has 22 heavy (non-hydrogen) atoms. The van der Waals surface area contributed by atoms with Crippen LogP contribution in [0.2, 0.25) is 5.02 Å². The smallest absolute Gasteiger partial charge is 0.311 e. The van der Waals surface area contributed by atoms with Crippen LogP contribution in [0.1, 0.15) is 43.4 Å². The number of aliphatic carboxylic acids is 1. The molecule has 0 fully saturated rings. The van der Waals surface area contributed by atoms with Crippen LogP contribution in [0.15, 0.2) is 48.5 Å². The third-order valence-electron chi connectivity index (χ3n) is 3.81. The molecule has 0 aliphatic heterocycles. The van der Waals surface area contributed by atoms with Gasteiger partial charge in [-0.1, -0.05) is 68.8 Å². The molecular weight excluding hydrogens is 296 g/mol. The summed E-state index contributed by atoms with van der Waals surface area (Å²) < 4.78 is 0. The van der Waals surface area contributed by atoms with Crippen molar-refractivity contribution in [3.8, 4) is 0 Å². The van der Waals surface area contributed by atoms with Gasteiger partial charge in [-0.05, 0) is 40.7 Å². The van der Waals surface area contributed by atoms with Crippen molar-refractivity contribution in [2.75, 3.05) is 0 Å². The third kappa shape index (κ3) is 4.11. The number of carboxylic acids is 1. The number of benzene rings is 2. The topological polar surface area (TPSA) is 37.3 Å². The number of carboxylic acid groups (broad SMARTS) is 1. The van der Waals surface area contributed by atoms with Crippen molar-refractivity contribution in [1.29, 1.82) is 0 Å². The SMILES string of the molecule is CC(C)(C)c1ccc(C(Cc2cccc(Cl)c2)C(=O)O)cc1. The molecule has 0 aliphatic carbocycles. The molecule has 3 heteroatoms. The van der Waals surface area contributed by atoms with Gasteiger partial charge < -0.3 is 5.11 Å². The van der Waals surface area contributed by atoms with E-state index in [0.717, 1.165) is 11.1 Å². The molecule has 1 atom stereocenters. The molecule has 0 bridgehead atoms. The molecule has 0 aliphatic rings. The zero-order chi connectivity index (χ0) is 16.3. The van der Waals surface area contributed by atoms with Gasteiger partial charge in [0.2, 0.25) is 0 Å². The summed E-state index contributed by atoms with van der Waals surface area (Å²) in [4.78, 5) is 11.6. The van der Waals surface area contributed by atoms with Crippen LogP contribution in [0.5, 0.6) is 0 Å². The van der Waals surface area contributed by atoms with Crippen molar-refractivity contribution < 1.29 is 9.90 Å². The maximum Gasteiger partial charge on any atom is 0.311 e. The Balaban J connectivity index is 2.27. The van der Waals surface area contributed by atoms with Crippen molar-refractivity contribution in [1.82, 2.24) is 0 Å². The fourth-order valence-corrected chi connectivity index (χ4v) is 2.68. The van der Waals surface area contributed by atoms with Crippen LogP contribution < -0.4 is 0 Å². The van der Waals surface area contributed by atoms with E-state index < -0.39 is 11.9 Å². The van der Waals surface area contributed by atoms with Gasteiger partial charge >= 0.3 is 5.97 Å². The first kappa shape index (κ1) is 16.6. The molecule has 1 unspecified atom stereocenters. The van der Waals surface area contributed by atoms with Crippen molar-refractivity contribution in [3.63, 3.8) is 0 Å². The van der Waals surface area contributed by atoms with Gasteiger partial charge in [0, 0.05) is 5.02 Å². The Morgan fingerprint density at radius 2 is 1.77 bits per heavy atom. The molecule has 0 spiro atoms. The lowest BCUT2D eigenvalue weighted by Crippen LogP contribution is -2.16. The molecule has 0 radical (unpaired) electrons. The van der Waals surface area contributed by atoms with E-state index in [1.807, 2.05) is 42.5 Å². The second-order valence-electron chi connectivity index (χ2n) is 6.60. The van der Waals surface area contributed by atoms with Crippen molar-refractivity contribution in [2.45, 2.75) is 38.5 Å². The van der Waals surface area contributed by atoms with Gasteiger partial charge in [-0.15, -0.1) is 0 Å². The average molecular weight is 317 g/mol. The minimum absolute atomic E-state index is 0.0597. The van der Waals surface area contributed by atoms with Gasteiger partial charge in [0.1, 0.15) is 0 Å². The first-order chi connectivity index (χ1) is 10.3. The van der Waals surface area contributed by atoms with E-state index in [1.54, 1.807) is 6.07 Å². The van der Waals surface area contributed by atoms with Crippen molar-refractivity contribution in [2.24, 2.45) is 0 Å². The maximum absolute atomic E-state index is 11.6. The highest BCUT2D eigenvalue weighted by Crippen LogP contribution is 2.27. The molecule has 0 amide bonds. The number of hydrogen-bond acceptors (Lipinski definition) is 1. The van der Waals surface area contributed by atoms with E-state index in [2.05, 4.69) is 20.8 Å². The molecule has 0 heterocycles. The van der Waals surface area contributed by atoms with E-state index in [-0.39, 0.29) is 5.41 Å². The molecule has 0 saturated carbocycles. The summed E-state index contributed by atoms with van der Waals surface area (Å²) in [6, 6.07) is 15.2. The lowest BCUT2D eigenvalue weighted by molar-refractivity contribution is -0.138.